The van der Waals surface area contributed by atoms with Gasteiger partial charge in [-0.05, 0) is 55.7 Å². The molecule has 0 aliphatic carbocycles. The number of thiocarbonyl (C=S) groups is 1. The van der Waals surface area contributed by atoms with Gasteiger partial charge in [0.2, 0.25) is 0 Å². The van der Waals surface area contributed by atoms with Crippen LogP contribution in [0.1, 0.15) is 49.4 Å². The highest BCUT2D eigenvalue weighted by Crippen LogP contribution is 2.21. The molecule has 1 aliphatic rings. The van der Waals surface area contributed by atoms with E-state index in [1.807, 2.05) is 30.3 Å². The average Bonchev–Trinajstić information content (AvgIpc) is 3.29. The van der Waals surface area contributed by atoms with Crippen molar-refractivity contribution in [2.24, 2.45) is 0 Å². The Morgan fingerprint density at radius 3 is 2.84 bits per heavy atom. The van der Waals surface area contributed by atoms with E-state index in [0.29, 0.717) is 24.5 Å². The van der Waals surface area contributed by atoms with E-state index in [4.69, 9.17) is 26.4 Å². The summed E-state index contributed by atoms with van der Waals surface area (Å²) in [7, 11) is 0. The summed E-state index contributed by atoms with van der Waals surface area (Å²) < 4.78 is 17.2. The van der Waals surface area contributed by atoms with Crippen molar-refractivity contribution in [3.63, 3.8) is 0 Å². The highest BCUT2D eigenvalue weighted by atomic mass is 32.1. The molecule has 1 atom stereocenters. The molecule has 6 nitrogen and oxygen atoms in total. The van der Waals surface area contributed by atoms with E-state index in [2.05, 4.69) is 17.6 Å². The summed E-state index contributed by atoms with van der Waals surface area (Å²) >= 11 is 5.33. The number of unbranched alkanes of at least 4 members (excludes halogenated alkanes) is 2. The van der Waals surface area contributed by atoms with Crippen LogP contribution in [0.3, 0.4) is 0 Å². The minimum Gasteiger partial charge on any atom is -0.493 e. The predicted octanol–water partition coefficient (Wildman–Crippen LogP) is 4.94. The lowest BCUT2D eigenvalue weighted by Gasteiger charge is -2.14. The van der Waals surface area contributed by atoms with Gasteiger partial charge in [0.25, 0.3) is 5.91 Å². The van der Waals surface area contributed by atoms with Crippen molar-refractivity contribution in [2.75, 3.05) is 25.1 Å². The fourth-order valence-corrected chi connectivity index (χ4v) is 3.49. The lowest BCUT2D eigenvalue weighted by Crippen LogP contribution is -2.34. The van der Waals surface area contributed by atoms with Crippen molar-refractivity contribution in [3.8, 4) is 11.5 Å². The van der Waals surface area contributed by atoms with Crippen LogP contribution < -0.4 is 20.1 Å². The zero-order valence-electron chi connectivity index (χ0n) is 17.9. The van der Waals surface area contributed by atoms with Gasteiger partial charge in [-0.2, -0.15) is 0 Å². The lowest BCUT2D eigenvalue weighted by atomic mass is 10.2. The maximum atomic E-state index is 12.7. The van der Waals surface area contributed by atoms with Gasteiger partial charge in [-0.1, -0.05) is 38.0 Å². The normalized spacial score (nSPS) is 15.3. The fourth-order valence-electron chi connectivity index (χ4n) is 3.28. The van der Waals surface area contributed by atoms with E-state index in [9.17, 15) is 4.79 Å². The zero-order chi connectivity index (χ0) is 21.9. The Balaban J connectivity index is 1.52. The molecule has 0 radical (unpaired) electrons. The first-order valence-electron chi connectivity index (χ1n) is 10.8. The first-order valence-corrected chi connectivity index (χ1v) is 11.2. The number of amides is 1. The number of rotatable bonds is 10. The molecule has 2 aromatic rings. The van der Waals surface area contributed by atoms with E-state index in [-0.39, 0.29) is 17.1 Å². The molecular formula is C24H30N2O4S. The van der Waals surface area contributed by atoms with Crippen molar-refractivity contribution < 1.29 is 19.0 Å². The van der Waals surface area contributed by atoms with Gasteiger partial charge < -0.3 is 19.5 Å². The number of hydrogen-bond donors (Lipinski definition) is 2. The van der Waals surface area contributed by atoms with Crippen molar-refractivity contribution in [1.29, 1.82) is 0 Å². The third-order valence-corrected chi connectivity index (χ3v) is 5.12. The number of benzene rings is 2. The number of carbonyl (C=O) groups excluding carboxylic acids is 1. The molecular weight excluding hydrogens is 412 g/mol. The van der Waals surface area contributed by atoms with Gasteiger partial charge in [-0.15, -0.1) is 0 Å². The zero-order valence-corrected chi connectivity index (χ0v) is 18.7. The molecule has 3 rings (SSSR count). The fraction of sp³-hybridized carbons (Fsp3) is 0.417. The Kier molecular flexibility index (Phi) is 9.12. The van der Waals surface area contributed by atoms with Crippen LogP contribution in [0.2, 0.25) is 0 Å². The van der Waals surface area contributed by atoms with Gasteiger partial charge in [0.05, 0.1) is 18.3 Å². The number of carbonyl (C=O) groups is 1. The van der Waals surface area contributed by atoms with E-state index >= 15 is 0 Å². The van der Waals surface area contributed by atoms with E-state index in [1.54, 1.807) is 18.2 Å². The monoisotopic (exact) mass is 442 g/mol. The van der Waals surface area contributed by atoms with E-state index < -0.39 is 0 Å². The molecule has 1 fully saturated rings. The van der Waals surface area contributed by atoms with Crippen LogP contribution >= 0.6 is 12.2 Å². The summed E-state index contributed by atoms with van der Waals surface area (Å²) in [6.07, 6.45) is 5.43. The Morgan fingerprint density at radius 1 is 1.16 bits per heavy atom. The second-order valence-corrected chi connectivity index (χ2v) is 7.84. The molecule has 166 valence electrons. The van der Waals surface area contributed by atoms with Gasteiger partial charge in [0, 0.05) is 18.4 Å². The maximum Gasteiger partial charge on any atom is 0.261 e. The summed E-state index contributed by atoms with van der Waals surface area (Å²) in [6, 6.07) is 14.6. The molecule has 0 saturated carbocycles. The van der Waals surface area contributed by atoms with Gasteiger partial charge in [-0.25, -0.2) is 0 Å². The Labute approximate surface area is 189 Å². The summed E-state index contributed by atoms with van der Waals surface area (Å²) in [5, 5.41) is 5.97. The van der Waals surface area contributed by atoms with E-state index in [0.717, 1.165) is 50.1 Å². The smallest absolute Gasteiger partial charge is 0.261 e. The van der Waals surface area contributed by atoms with Gasteiger partial charge >= 0.3 is 0 Å². The van der Waals surface area contributed by atoms with Crippen molar-refractivity contribution in [3.05, 3.63) is 54.1 Å². The lowest BCUT2D eigenvalue weighted by molar-refractivity contribution is 0.0680. The topological polar surface area (TPSA) is 68.8 Å². The molecule has 1 heterocycles. The van der Waals surface area contributed by atoms with Crippen LogP contribution in [0.4, 0.5) is 5.69 Å². The maximum absolute atomic E-state index is 12.7. The highest BCUT2D eigenvalue weighted by molar-refractivity contribution is 7.80. The molecule has 7 heteroatoms. The van der Waals surface area contributed by atoms with Crippen LogP contribution in [0, 0.1) is 0 Å². The molecule has 0 spiro atoms. The molecule has 2 aromatic carbocycles. The van der Waals surface area contributed by atoms with Crippen LogP contribution in [-0.2, 0) is 4.74 Å². The molecule has 1 aliphatic heterocycles. The molecule has 31 heavy (non-hydrogen) atoms. The summed E-state index contributed by atoms with van der Waals surface area (Å²) in [5.74, 6) is 0.971. The molecule has 1 saturated heterocycles. The molecule has 2 N–H and O–H groups in total. The Morgan fingerprint density at radius 2 is 2.03 bits per heavy atom. The quantitative estimate of drug-likeness (QED) is 0.401. The third kappa shape index (κ3) is 7.52. The predicted molar refractivity (Wildman–Crippen MR) is 126 cm³/mol. The summed E-state index contributed by atoms with van der Waals surface area (Å²) in [4.78, 5) is 12.7. The van der Waals surface area contributed by atoms with Crippen LogP contribution in [0.15, 0.2) is 48.5 Å². The van der Waals surface area contributed by atoms with Gasteiger partial charge in [-0.3, -0.25) is 10.1 Å². The minimum absolute atomic E-state index is 0.154. The number of nitrogens with one attached hydrogen (secondary N) is 2. The Bertz CT molecular complexity index is 868. The second-order valence-electron chi connectivity index (χ2n) is 7.43. The highest BCUT2D eigenvalue weighted by Gasteiger charge is 2.16. The number of ether oxygens (including phenoxy) is 3. The average molecular weight is 443 g/mol. The largest absolute Gasteiger partial charge is 0.493 e. The number of hydrogen-bond acceptors (Lipinski definition) is 5. The first kappa shape index (κ1) is 23.0. The third-order valence-electron chi connectivity index (χ3n) is 4.92. The van der Waals surface area contributed by atoms with Crippen molar-refractivity contribution in [2.45, 2.75) is 45.1 Å². The molecule has 1 amide bonds. The van der Waals surface area contributed by atoms with Gasteiger partial charge in [0.1, 0.15) is 18.1 Å². The van der Waals surface area contributed by atoms with Crippen LogP contribution in [0.25, 0.3) is 0 Å². The standard InChI is InChI=1S/C24H30N2O4S/c1-2-3-6-14-29-22-13-5-4-12-21(22)23(27)26-24(31)25-18-9-7-10-19(16-18)30-17-20-11-8-15-28-20/h4-5,7,9-10,12-13,16,20H,2-3,6,8,11,14-15,17H2,1H3,(H2,25,26,27,31). The summed E-state index contributed by atoms with van der Waals surface area (Å²) in [5.41, 5.74) is 1.19. The van der Waals surface area contributed by atoms with Crippen molar-refractivity contribution >= 4 is 28.9 Å². The van der Waals surface area contributed by atoms with E-state index in [1.165, 1.54) is 0 Å². The van der Waals surface area contributed by atoms with Gasteiger partial charge in [0.15, 0.2) is 5.11 Å². The SMILES string of the molecule is CCCCCOc1ccccc1C(=O)NC(=S)Nc1cccc(OCC2CCCO2)c1. The first-order chi connectivity index (χ1) is 15.2. The second kappa shape index (κ2) is 12.3. The minimum atomic E-state index is -0.311. The number of anilines is 1. The van der Waals surface area contributed by atoms with Crippen molar-refractivity contribution in [1.82, 2.24) is 5.32 Å². The summed E-state index contributed by atoms with van der Waals surface area (Å²) in [6.45, 7) is 4.05. The van der Waals surface area contributed by atoms with Crippen LogP contribution in [0.5, 0.6) is 11.5 Å². The molecule has 0 bridgehead atoms. The molecule has 1 unspecified atom stereocenters. The molecule has 0 aromatic heterocycles. The Hall–Kier alpha value is -2.64. The van der Waals surface area contributed by atoms with Crippen LogP contribution in [-0.4, -0.2) is 36.9 Å². The number of para-hydroxylation sites is 1.